The molecule has 2 heterocycles. The van der Waals surface area contributed by atoms with E-state index in [0.717, 1.165) is 17.9 Å². The zero-order chi connectivity index (χ0) is 18.6. The number of nitrogens with two attached hydrogens (primary N) is 1. The van der Waals surface area contributed by atoms with Crippen LogP contribution < -0.4 is 20.5 Å². The number of hydrogen-bond acceptors (Lipinski definition) is 5. The highest BCUT2D eigenvalue weighted by atomic mass is 16.5. The Kier molecular flexibility index (Phi) is 5.58. The van der Waals surface area contributed by atoms with Crippen molar-refractivity contribution < 1.29 is 19.3 Å². The fraction of sp³-hybridized carbons (Fsp3) is 0.632. The second kappa shape index (κ2) is 7.72. The van der Waals surface area contributed by atoms with E-state index in [1.807, 2.05) is 32.0 Å². The van der Waals surface area contributed by atoms with Crippen molar-refractivity contribution in [1.82, 2.24) is 0 Å². The molecule has 7 nitrogen and oxygen atoms in total. The lowest BCUT2D eigenvalue weighted by Crippen LogP contribution is -2.50. The van der Waals surface area contributed by atoms with Gasteiger partial charge in [-0.1, -0.05) is 13.8 Å². The number of aliphatic imine (C=N–C) groups is 1. The summed E-state index contributed by atoms with van der Waals surface area (Å²) in [5, 5.41) is 14.0. The van der Waals surface area contributed by atoms with Crippen molar-refractivity contribution in [2.45, 2.75) is 38.7 Å². The standard InChI is InChI=1S/C19H29N3O4/c1-18(2,19(23)6-10-24-11-7-19)13-21-17(20)22-14-4-5-15-16(12-14)26-9-3-8-25-15/h4-5,12,23H,3,6-11,13H2,1-2H3,(H3,20,21,22). The maximum absolute atomic E-state index is 10.9. The molecule has 0 amide bonds. The number of ether oxygens (including phenoxy) is 3. The van der Waals surface area contributed by atoms with E-state index in [0.29, 0.717) is 57.5 Å². The Balaban J connectivity index is 1.64. The van der Waals surface area contributed by atoms with Crippen molar-refractivity contribution >= 4 is 11.6 Å². The Labute approximate surface area is 154 Å². The molecular formula is C19H29N3O4. The van der Waals surface area contributed by atoms with Gasteiger partial charge in [-0.3, -0.25) is 4.99 Å². The Morgan fingerprint density at radius 1 is 1.19 bits per heavy atom. The van der Waals surface area contributed by atoms with Gasteiger partial charge in [0.05, 0.1) is 25.4 Å². The number of nitrogens with one attached hydrogen (secondary N) is 1. The zero-order valence-corrected chi connectivity index (χ0v) is 15.6. The number of anilines is 1. The monoisotopic (exact) mass is 363 g/mol. The lowest BCUT2D eigenvalue weighted by Gasteiger charge is -2.44. The quantitative estimate of drug-likeness (QED) is 0.560. The Morgan fingerprint density at radius 3 is 2.62 bits per heavy atom. The molecule has 0 aromatic heterocycles. The molecule has 144 valence electrons. The first-order valence-corrected chi connectivity index (χ1v) is 9.16. The van der Waals surface area contributed by atoms with Crippen LogP contribution in [0.5, 0.6) is 11.5 Å². The summed E-state index contributed by atoms with van der Waals surface area (Å²) in [5.74, 6) is 1.76. The van der Waals surface area contributed by atoms with E-state index < -0.39 is 11.0 Å². The van der Waals surface area contributed by atoms with Crippen LogP contribution in [0.25, 0.3) is 0 Å². The molecule has 2 aliphatic heterocycles. The molecule has 7 heteroatoms. The molecule has 0 radical (unpaired) electrons. The largest absolute Gasteiger partial charge is 0.490 e. The number of benzene rings is 1. The minimum Gasteiger partial charge on any atom is -0.490 e. The molecule has 0 atom stereocenters. The molecule has 1 aromatic carbocycles. The minimum atomic E-state index is -0.787. The molecule has 2 aliphatic rings. The molecule has 1 fully saturated rings. The zero-order valence-electron chi connectivity index (χ0n) is 15.6. The molecule has 0 aliphatic carbocycles. The Bertz CT molecular complexity index is 654. The van der Waals surface area contributed by atoms with Crippen LogP contribution in [0.4, 0.5) is 5.69 Å². The molecule has 0 spiro atoms. The topological polar surface area (TPSA) is 98.3 Å². The van der Waals surface area contributed by atoms with E-state index in [1.54, 1.807) is 0 Å². The molecule has 26 heavy (non-hydrogen) atoms. The molecular weight excluding hydrogens is 334 g/mol. The number of hydrogen-bond donors (Lipinski definition) is 3. The first kappa shape index (κ1) is 18.8. The molecule has 0 unspecified atom stereocenters. The normalized spacial score (nSPS) is 20.3. The van der Waals surface area contributed by atoms with E-state index in [1.165, 1.54) is 0 Å². The van der Waals surface area contributed by atoms with Gasteiger partial charge in [0.2, 0.25) is 0 Å². The summed E-state index contributed by atoms with van der Waals surface area (Å²) in [6.45, 7) is 6.91. The van der Waals surface area contributed by atoms with E-state index in [2.05, 4.69) is 10.3 Å². The summed E-state index contributed by atoms with van der Waals surface area (Å²) < 4.78 is 16.7. The first-order chi connectivity index (χ1) is 12.4. The van der Waals surface area contributed by atoms with E-state index in [9.17, 15) is 5.11 Å². The fourth-order valence-electron chi connectivity index (χ4n) is 3.24. The van der Waals surface area contributed by atoms with Gasteiger partial charge in [0, 0.05) is 49.6 Å². The van der Waals surface area contributed by atoms with Gasteiger partial charge in [0.15, 0.2) is 17.5 Å². The highest BCUT2D eigenvalue weighted by Gasteiger charge is 2.44. The number of nitrogens with zero attached hydrogens (tertiary/aromatic N) is 1. The van der Waals surface area contributed by atoms with Gasteiger partial charge in [0.25, 0.3) is 0 Å². The Hall–Kier alpha value is -1.99. The highest BCUT2D eigenvalue weighted by molar-refractivity contribution is 5.92. The smallest absolute Gasteiger partial charge is 0.193 e. The number of fused-ring (bicyclic) bond motifs is 1. The van der Waals surface area contributed by atoms with Crippen LogP contribution in [0.1, 0.15) is 33.1 Å². The SMILES string of the molecule is CC(C)(CN=C(N)Nc1ccc2c(c1)OCCCO2)C1(O)CCOCC1. The van der Waals surface area contributed by atoms with Crippen LogP contribution in [0.2, 0.25) is 0 Å². The maximum atomic E-state index is 10.9. The van der Waals surface area contributed by atoms with Crippen molar-refractivity contribution in [2.24, 2.45) is 16.1 Å². The van der Waals surface area contributed by atoms with Crippen LogP contribution >= 0.6 is 0 Å². The van der Waals surface area contributed by atoms with E-state index >= 15 is 0 Å². The van der Waals surface area contributed by atoms with Crippen molar-refractivity contribution in [3.63, 3.8) is 0 Å². The van der Waals surface area contributed by atoms with Crippen LogP contribution in [-0.2, 0) is 4.74 Å². The molecule has 1 aromatic rings. The highest BCUT2D eigenvalue weighted by Crippen LogP contribution is 2.39. The average molecular weight is 363 g/mol. The molecule has 0 saturated carbocycles. The summed E-state index contributed by atoms with van der Waals surface area (Å²) in [7, 11) is 0. The van der Waals surface area contributed by atoms with Crippen molar-refractivity contribution in [2.75, 3.05) is 38.3 Å². The number of aliphatic hydroxyl groups is 1. The van der Waals surface area contributed by atoms with Crippen molar-refractivity contribution in [1.29, 1.82) is 0 Å². The maximum Gasteiger partial charge on any atom is 0.193 e. The average Bonchev–Trinajstić information content (AvgIpc) is 2.85. The summed E-state index contributed by atoms with van der Waals surface area (Å²) in [4.78, 5) is 4.45. The van der Waals surface area contributed by atoms with E-state index in [4.69, 9.17) is 19.9 Å². The predicted molar refractivity (Wildman–Crippen MR) is 101 cm³/mol. The van der Waals surface area contributed by atoms with Gasteiger partial charge in [-0.25, -0.2) is 0 Å². The molecule has 3 rings (SSSR count). The van der Waals surface area contributed by atoms with Crippen molar-refractivity contribution in [3.8, 4) is 11.5 Å². The van der Waals surface area contributed by atoms with Crippen LogP contribution in [0, 0.1) is 5.41 Å². The second-order valence-corrected chi connectivity index (χ2v) is 7.57. The van der Waals surface area contributed by atoms with Gasteiger partial charge < -0.3 is 30.4 Å². The van der Waals surface area contributed by atoms with Gasteiger partial charge in [-0.15, -0.1) is 0 Å². The third-order valence-corrected chi connectivity index (χ3v) is 5.24. The minimum absolute atomic E-state index is 0.309. The molecule has 4 N–H and O–H groups in total. The van der Waals surface area contributed by atoms with Crippen LogP contribution in [-0.4, -0.2) is 49.6 Å². The van der Waals surface area contributed by atoms with Gasteiger partial charge in [-0.05, 0) is 12.1 Å². The third kappa shape index (κ3) is 4.22. The van der Waals surface area contributed by atoms with Gasteiger partial charge in [-0.2, -0.15) is 0 Å². The lowest BCUT2D eigenvalue weighted by atomic mass is 9.70. The summed E-state index contributed by atoms with van der Waals surface area (Å²) in [6, 6.07) is 5.61. The summed E-state index contributed by atoms with van der Waals surface area (Å²) in [5.41, 5.74) is 5.66. The fourth-order valence-corrected chi connectivity index (χ4v) is 3.24. The number of rotatable bonds is 4. The third-order valence-electron chi connectivity index (χ3n) is 5.24. The van der Waals surface area contributed by atoms with Gasteiger partial charge in [0.1, 0.15) is 0 Å². The second-order valence-electron chi connectivity index (χ2n) is 7.57. The molecule has 1 saturated heterocycles. The van der Waals surface area contributed by atoms with Gasteiger partial charge >= 0.3 is 0 Å². The summed E-state index contributed by atoms with van der Waals surface area (Å²) in [6.07, 6.45) is 2.10. The van der Waals surface area contributed by atoms with E-state index in [-0.39, 0.29) is 0 Å². The predicted octanol–water partition coefficient (Wildman–Crippen LogP) is 2.14. The summed E-state index contributed by atoms with van der Waals surface area (Å²) >= 11 is 0. The first-order valence-electron chi connectivity index (χ1n) is 9.16. The van der Waals surface area contributed by atoms with Crippen molar-refractivity contribution in [3.05, 3.63) is 18.2 Å². The van der Waals surface area contributed by atoms with Crippen LogP contribution in [0.15, 0.2) is 23.2 Å². The number of guanidine groups is 1. The molecule has 0 bridgehead atoms. The van der Waals surface area contributed by atoms with Crippen LogP contribution in [0.3, 0.4) is 0 Å². The lowest BCUT2D eigenvalue weighted by molar-refractivity contribution is -0.128. The Morgan fingerprint density at radius 2 is 1.88 bits per heavy atom.